The second-order valence-electron chi connectivity index (χ2n) is 5.45. The molecule has 3 rings (SSSR count). The van der Waals surface area contributed by atoms with Gasteiger partial charge >= 0.3 is 0 Å². The highest BCUT2D eigenvalue weighted by atomic mass is 31.1. The van der Waals surface area contributed by atoms with Gasteiger partial charge in [0.25, 0.3) is 0 Å². The summed E-state index contributed by atoms with van der Waals surface area (Å²) in [6.07, 6.45) is 0. The molecule has 114 valence electrons. The monoisotopic (exact) mass is 318 g/mol. The van der Waals surface area contributed by atoms with Crippen LogP contribution in [0, 0.1) is 0 Å². The molecule has 0 bridgehead atoms. The van der Waals surface area contributed by atoms with Crippen LogP contribution in [0.2, 0.25) is 0 Å². The average molecular weight is 318 g/mol. The lowest BCUT2D eigenvalue weighted by atomic mass is 10.1. The Hall–Kier alpha value is -2.24. The number of rotatable bonds is 5. The topological polar surface area (TPSA) is 17.1 Å². The number of hydrogen-bond donors (Lipinski definition) is 0. The van der Waals surface area contributed by atoms with Crippen LogP contribution < -0.4 is 10.6 Å². The van der Waals surface area contributed by atoms with Crippen molar-refractivity contribution in [3.8, 4) is 0 Å². The van der Waals surface area contributed by atoms with Gasteiger partial charge in [0.2, 0.25) is 0 Å². The minimum absolute atomic E-state index is 0.0581. The molecule has 0 aliphatic heterocycles. The van der Waals surface area contributed by atoms with E-state index in [1.807, 2.05) is 66.7 Å². The van der Waals surface area contributed by atoms with Crippen LogP contribution in [-0.4, -0.2) is 11.4 Å². The molecule has 0 saturated carbocycles. The highest BCUT2D eigenvalue weighted by Crippen LogP contribution is 2.40. The minimum atomic E-state index is -0.725. The predicted octanol–water partition coefficient (Wildman–Crippen LogP) is 4.39. The first-order valence-corrected chi connectivity index (χ1v) is 9.17. The van der Waals surface area contributed by atoms with Crippen molar-refractivity contribution in [1.29, 1.82) is 0 Å². The maximum Gasteiger partial charge on any atom is 0.170 e. The lowest BCUT2D eigenvalue weighted by molar-refractivity contribution is 0.0993. The molecule has 0 heterocycles. The summed E-state index contributed by atoms with van der Waals surface area (Å²) in [5, 5.41) is 2.48. The molecular weight excluding hydrogens is 299 g/mol. The van der Waals surface area contributed by atoms with Crippen LogP contribution in [-0.2, 0) is 0 Å². The first-order chi connectivity index (χ1) is 11.3. The second-order valence-corrected chi connectivity index (χ2v) is 7.99. The van der Waals surface area contributed by atoms with Gasteiger partial charge in [-0.25, -0.2) is 0 Å². The van der Waals surface area contributed by atoms with Gasteiger partial charge in [-0.05, 0) is 18.5 Å². The van der Waals surface area contributed by atoms with Crippen LogP contribution in [0.3, 0.4) is 0 Å². The van der Waals surface area contributed by atoms with Gasteiger partial charge in [-0.3, -0.25) is 4.79 Å². The van der Waals surface area contributed by atoms with E-state index in [9.17, 15) is 4.79 Å². The first-order valence-electron chi connectivity index (χ1n) is 7.76. The van der Waals surface area contributed by atoms with Gasteiger partial charge in [0.05, 0.1) is 0 Å². The molecule has 0 aliphatic rings. The van der Waals surface area contributed by atoms with Gasteiger partial charge in [0, 0.05) is 11.2 Å². The molecule has 0 N–H and O–H groups in total. The number of ketones is 1. The van der Waals surface area contributed by atoms with Crippen LogP contribution in [0.1, 0.15) is 17.3 Å². The van der Waals surface area contributed by atoms with Gasteiger partial charge < -0.3 is 0 Å². The third-order valence-corrected chi connectivity index (χ3v) is 6.61. The smallest absolute Gasteiger partial charge is 0.170 e. The van der Waals surface area contributed by atoms with Crippen molar-refractivity contribution in [2.75, 3.05) is 0 Å². The Bertz CT molecular complexity index is 714. The molecule has 3 aromatic carbocycles. The number of carbonyl (C=O) groups excluding carboxylic acids is 1. The van der Waals surface area contributed by atoms with Crippen LogP contribution in [0.25, 0.3) is 0 Å². The van der Waals surface area contributed by atoms with E-state index in [4.69, 9.17) is 0 Å². The van der Waals surface area contributed by atoms with Crippen molar-refractivity contribution in [3.63, 3.8) is 0 Å². The van der Waals surface area contributed by atoms with E-state index < -0.39 is 7.92 Å². The van der Waals surface area contributed by atoms with E-state index in [-0.39, 0.29) is 11.4 Å². The molecule has 0 radical (unpaired) electrons. The third-order valence-electron chi connectivity index (χ3n) is 3.89. The highest BCUT2D eigenvalue weighted by molar-refractivity contribution is 7.74. The van der Waals surface area contributed by atoms with Crippen molar-refractivity contribution in [2.45, 2.75) is 12.6 Å². The van der Waals surface area contributed by atoms with E-state index in [1.165, 1.54) is 10.6 Å². The summed E-state index contributed by atoms with van der Waals surface area (Å²) < 4.78 is 0. The average Bonchev–Trinajstić information content (AvgIpc) is 2.64. The predicted molar refractivity (Wildman–Crippen MR) is 99.3 cm³/mol. The fourth-order valence-electron chi connectivity index (χ4n) is 2.73. The number of carbonyl (C=O) groups is 1. The summed E-state index contributed by atoms with van der Waals surface area (Å²) in [7, 11) is -0.725. The molecule has 0 aromatic heterocycles. The first kappa shape index (κ1) is 15.6. The number of hydrogen-bond acceptors (Lipinski definition) is 1. The van der Waals surface area contributed by atoms with Gasteiger partial charge in [-0.2, -0.15) is 0 Å². The van der Waals surface area contributed by atoms with Gasteiger partial charge in [0.15, 0.2) is 5.78 Å². The standard InChI is InChI=1S/C21H19OP/c1-17(21(22)18-11-5-2-6-12-18)23(19-13-7-3-8-14-19)20-15-9-4-10-16-20/h2-17H,1H3. The Kier molecular flexibility index (Phi) is 5.00. The summed E-state index contributed by atoms with van der Waals surface area (Å²) >= 11 is 0. The van der Waals surface area contributed by atoms with Crippen molar-refractivity contribution < 1.29 is 4.79 Å². The Balaban J connectivity index is 2.00. The van der Waals surface area contributed by atoms with Crippen molar-refractivity contribution in [1.82, 2.24) is 0 Å². The Morgan fingerprint density at radius 2 is 1.09 bits per heavy atom. The lowest BCUT2D eigenvalue weighted by Gasteiger charge is -2.24. The minimum Gasteiger partial charge on any atom is -0.293 e. The summed E-state index contributed by atoms with van der Waals surface area (Å²) in [6.45, 7) is 2.06. The van der Waals surface area contributed by atoms with Crippen molar-refractivity contribution in [2.24, 2.45) is 0 Å². The molecule has 1 unspecified atom stereocenters. The molecule has 0 saturated heterocycles. The van der Waals surface area contributed by atoms with Gasteiger partial charge in [0.1, 0.15) is 0 Å². The summed E-state index contributed by atoms with van der Waals surface area (Å²) in [4.78, 5) is 12.9. The van der Waals surface area contributed by atoms with E-state index in [2.05, 4.69) is 31.2 Å². The summed E-state index contributed by atoms with van der Waals surface area (Å²) in [5.41, 5.74) is 0.733. The largest absolute Gasteiger partial charge is 0.293 e. The molecule has 0 amide bonds. The highest BCUT2D eigenvalue weighted by Gasteiger charge is 2.27. The number of Topliss-reactive ketones (excluding diaryl/α,β-unsaturated/α-hetero) is 1. The zero-order valence-corrected chi connectivity index (χ0v) is 14.0. The quantitative estimate of drug-likeness (QED) is 0.504. The van der Waals surface area contributed by atoms with Crippen molar-refractivity contribution in [3.05, 3.63) is 96.6 Å². The van der Waals surface area contributed by atoms with Crippen LogP contribution in [0.15, 0.2) is 91.0 Å². The van der Waals surface area contributed by atoms with E-state index in [0.29, 0.717) is 0 Å². The van der Waals surface area contributed by atoms with E-state index >= 15 is 0 Å². The lowest BCUT2D eigenvalue weighted by Crippen LogP contribution is -2.26. The maximum atomic E-state index is 12.9. The fraction of sp³-hybridized carbons (Fsp3) is 0.0952. The molecule has 3 aromatic rings. The Morgan fingerprint density at radius 1 is 0.696 bits per heavy atom. The fourth-order valence-corrected chi connectivity index (χ4v) is 5.30. The Morgan fingerprint density at radius 3 is 1.52 bits per heavy atom. The summed E-state index contributed by atoms with van der Waals surface area (Å²) in [6, 6.07) is 30.4. The molecule has 0 fully saturated rings. The number of benzene rings is 3. The Labute approximate surface area is 138 Å². The summed E-state index contributed by atoms with van der Waals surface area (Å²) in [5.74, 6) is 0.212. The SMILES string of the molecule is CC(C(=O)c1ccccc1)P(c1ccccc1)c1ccccc1. The van der Waals surface area contributed by atoms with Crippen molar-refractivity contribution >= 4 is 24.3 Å². The van der Waals surface area contributed by atoms with E-state index in [0.717, 1.165) is 5.56 Å². The van der Waals surface area contributed by atoms with Crippen LogP contribution in [0.5, 0.6) is 0 Å². The van der Waals surface area contributed by atoms with Crippen LogP contribution in [0.4, 0.5) is 0 Å². The molecular formula is C21H19OP. The molecule has 0 aliphatic carbocycles. The zero-order chi connectivity index (χ0) is 16.1. The molecule has 1 nitrogen and oxygen atoms in total. The second kappa shape index (κ2) is 7.35. The third kappa shape index (κ3) is 3.57. The van der Waals surface area contributed by atoms with Gasteiger partial charge in [-0.15, -0.1) is 0 Å². The maximum absolute atomic E-state index is 12.9. The van der Waals surface area contributed by atoms with Gasteiger partial charge in [-0.1, -0.05) is 97.9 Å². The molecule has 1 atom stereocenters. The van der Waals surface area contributed by atoms with E-state index in [1.54, 1.807) is 0 Å². The molecule has 23 heavy (non-hydrogen) atoms. The normalized spacial score (nSPS) is 12.1. The molecule has 2 heteroatoms. The van der Waals surface area contributed by atoms with Crippen LogP contribution >= 0.6 is 7.92 Å². The molecule has 0 spiro atoms. The zero-order valence-electron chi connectivity index (χ0n) is 13.1.